The van der Waals surface area contributed by atoms with Gasteiger partial charge < -0.3 is 15.0 Å². The van der Waals surface area contributed by atoms with Crippen LogP contribution >= 0.6 is 11.6 Å². The molecule has 0 aliphatic carbocycles. The van der Waals surface area contributed by atoms with E-state index in [0.717, 1.165) is 5.82 Å². The second kappa shape index (κ2) is 6.35. The average Bonchev–Trinajstić information content (AvgIpc) is 2.92. The Bertz CT molecular complexity index is 581. The fraction of sp³-hybridized carbons (Fsp3) is 0.364. The maximum Gasteiger partial charge on any atom is 0.287 e. The molecule has 2 heterocycles. The number of hydrogen-bond acceptors (Lipinski definition) is 5. The van der Waals surface area contributed by atoms with Crippen LogP contribution in [0.5, 0.6) is 0 Å². The van der Waals surface area contributed by atoms with Gasteiger partial charge in [-0.15, -0.1) is 0 Å². The number of nitrogens with one attached hydrogen (secondary N) is 2. The number of rotatable bonds is 6. The van der Waals surface area contributed by atoms with Gasteiger partial charge in [-0.1, -0.05) is 11.6 Å². The van der Waals surface area contributed by atoms with Crippen LogP contribution in [0.4, 0.5) is 5.69 Å². The van der Waals surface area contributed by atoms with Crippen LogP contribution in [0.15, 0.2) is 23.4 Å². The normalized spacial score (nSPS) is 10.6. The highest BCUT2D eigenvalue weighted by Crippen LogP contribution is 2.15. The summed E-state index contributed by atoms with van der Waals surface area (Å²) in [5.74, 6) is 0.750. The highest BCUT2D eigenvalue weighted by Gasteiger charge is 2.09. The van der Waals surface area contributed by atoms with Gasteiger partial charge in [0, 0.05) is 19.5 Å². The number of aromatic amines is 1. The molecule has 2 N–H and O–H groups in total. The Balaban J connectivity index is 2.09. The number of H-pyrrole nitrogens is 1. The van der Waals surface area contributed by atoms with Crippen LogP contribution in [-0.4, -0.2) is 33.5 Å². The van der Waals surface area contributed by atoms with Gasteiger partial charge in [0.1, 0.15) is 10.8 Å². The number of nitrogens with zero attached hydrogens (tertiary/aromatic N) is 3. The van der Waals surface area contributed by atoms with E-state index in [9.17, 15) is 4.79 Å². The summed E-state index contributed by atoms with van der Waals surface area (Å²) in [5, 5.41) is 7.14. The Morgan fingerprint density at radius 1 is 1.58 bits per heavy atom. The topological polar surface area (TPSA) is 84.8 Å². The third kappa shape index (κ3) is 3.33. The highest BCUT2D eigenvalue weighted by molar-refractivity contribution is 6.32. The van der Waals surface area contributed by atoms with Crippen LogP contribution < -0.4 is 10.9 Å². The smallest absolute Gasteiger partial charge is 0.287 e. The van der Waals surface area contributed by atoms with Crippen molar-refractivity contribution in [2.45, 2.75) is 13.1 Å². The molecule has 0 saturated carbocycles. The van der Waals surface area contributed by atoms with Crippen LogP contribution in [0.2, 0.25) is 5.02 Å². The molecule has 0 saturated heterocycles. The van der Waals surface area contributed by atoms with E-state index in [2.05, 4.69) is 20.4 Å². The van der Waals surface area contributed by atoms with E-state index in [4.69, 9.17) is 16.3 Å². The molecule has 0 atom stereocenters. The van der Waals surface area contributed by atoms with Crippen LogP contribution in [0.3, 0.4) is 0 Å². The third-order valence-corrected chi connectivity index (χ3v) is 2.86. The molecule has 2 aromatic rings. The molecule has 19 heavy (non-hydrogen) atoms. The van der Waals surface area contributed by atoms with E-state index < -0.39 is 0 Å². The van der Waals surface area contributed by atoms with E-state index in [0.29, 0.717) is 25.4 Å². The van der Waals surface area contributed by atoms with Crippen molar-refractivity contribution >= 4 is 17.3 Å². The number of ether oxygens (including phenoxy) is 1. The number of imidazole rings is 1. The van der Waals surface area contributed by atoms with Crippen molar-refractivity contribution in [2.24, 2.45) is 0 Å². The lowest BCUT2D eigenvalue weighted by atomic mass is 10.4. The number of aromatic nitrogens is 4. The molecule has 0 unspecified atom stereocenters. The van der Waals surface area contributed by atoms with Crippen LogP contribution in [-0.2, 0) is 17.8 Å². The molecule has 2 aromatic heterocycles. The fourth-order valence-electron chi connectivity index (χ4n) is 1.50. The van der Waals surface area contributed by atoms with Gasteiger partial charge in [-0.05, 0) is 0 Å². The number of halogens is 1. The highest BCUT2D eigenvalue weighted by atomic mass is 35.5. The predicted molar refractivity (Wildman–Crippen MR) is 71.3 cm³/mol. The van der Waals surface area contributed by atoms with Gasteiger partial charge in [0.2, 0.25) is 0 Å². The summed E-state index contributed by atoms with van der Waals surface area (Å²) in [5.41, 5.74) is 0.139. The molecule has 0 bridgehead atoms. The summed E-state index contributed by atoms with van der Waals surface area (Å²) in [6.45, 7) is 1.21. The molecule has 0 amide bonds. The van der Waals surface area contributed by atoms with Crippen molar-refractivity contribution in [3.05, 3.63) is 39.8 Å². The monoisotopic (exact) mass is 283 g/mol. The Morgan fingerprint density at radius 2 is 2.42 bits per heavy atom. The molecule has 0 aromatic carbocycles. The molecule has 2 rings (SSSR count). The first-order valence-electron chi connectivity index (χ1n) is 5.69. The van der Waals surface area contributed by atoms with Crippen molar-refractivity contribution in [1.29, 1.82) is 0 Å². The summed E-state index contributed by atoms with van der Waals surface area (Å²) in [6, 6.07) is 0. The molecule has 0 spiro atoms. The standard InChI is InChI=1S/C11H14ClN5O2/c1-19-5-4-17-11(18)10(12)8(6-16-17)15-7-9-13-2-3-14-9/h2-3,6,15H,4-5,7H2,1H3,(H,13,14). The quantitative estimate of drug-likeness (QED) is 0.822. The van der Waals surface area contributed by atoms with E-state index in [1.54, 1.807) is 19.5 Å². The van der Waals surface area contributed by atoms with E-state index in [1.165, 1.54) is 10.9 Å². The first kappa shape index (κ1) is 13.6. The minimum absolute atomic E-state index is 0.109. The number of hydrogen-bond donors (Lipinski definition) is 2. The number of anilines is 1. The first-order valence-corrected chi connectivity index (χ1v) is 6.07. The maximum absolute atomic E-state index is 11.9. The maximum atomic E-state index is 11.9. The van der Waals surface area contributed by atoms with E-state index in [-0.39, 0.29) is 10.6 Å². The Labute approximate surface area is 114 Å². The summed E-state index contributed by atoms with van der Waals surface area (Å²) in [7, 11) is 1.56. The molecular formula is C11H14ClN5O2. The minimum atomic E-state index is -0.344. The van der Waals surface area contributed by atoms with Crippen molar-refractivity contribution < 1.29 is 4.74 Å². The van der Waals surface area contributed by atoms with Crippen molar-refractivity contribution in [1.82, 2.24) is 19.7 Å². The van der Waals surface area contributed by atoms with Gasteiger partial charge in [0.25, 0.3) is 5.56 Å². The Hall–Kier alpha value is -1.86. The first-order chi connectivity index (χ1) is 9.22. The van der Waals surface area contributed by atoms with Crippen LogP contribution in [0, 0.1) is 0 Å². The lowest BCUT2D eigenvalue weighted by Gasteiger charge is -2.09. The van der Waals surface area contributed by atoms with Gasteiger partial charge in [0.15, 0.2) is 0 Å². The summed E-state index contributed by atoms with van der Waals surface area (Å²) >= 11 is 6.01. The molecule has 0 fully saturated rings. The largest absolute Gasteiger partial charge is 0.383 e. The molecule has 0 radical (unpaired) electrons. The van der Waals surface area contributed by atoms with Crippen LogP contribution in [0.1, 0.15) is 5.82 Å². The van der Waals surface area contributed by atoms with Crippen molar-refractivity contribution in [2.75, 3.05) is 19.0 Å². The zero-order chi connectivity index (χ0) is 13.7. The molecule has 0 aliphatic heterocycles. The molecular weight excluding hydrogens is 270 g/mol. The molecule has 8 heteroatoms. The number of methoxy groups -OCH3 is 1. The Kier molecular flexibility index (Phi) is 4.53. The van der Waals surface area contributed by atoms with Gasteiger partial charge in [-0.25, -0.2) is 9.67 Å². The molecule has 7 nitrogen and oxygen atoms in total. The minimum Gasteiger partial charge on any atom is -0.383 e. The van der Waals surface area contributed by atoms with Gasteiger partial charge >= 0.3 is 0 Å². The van der Waals surface area contributed by atoms with E-state index in [1.807, 2.05) is 0 Å². The summed E-state index contributed by atoms with van der Waals surface area (Å²) < 4.78 is 6.16. The van der Waals surface area contributed by atoms with Crippen molar-refractivity contribution in [3.63, 3.8) is 0 Å². The average molecular weight is 284 g/mol. The van der Waals surface area contributed by atoms with Gasteiger partial charge in [-0.3, -0.25) is 4.79 Å². The van der Waals surface area contributed by atoms with Crippen LogP contribution in [0.25, 0.3) is 0 Å². The second-order valence-corrected chi connectivity index (χ2v) is 4.16. The lowest BCUT2D eigenvalue weighted by Crippen LogP contribution is -2.26. The van der Waals surface area contributed by atoms with Crippen molar-refractivity contribution in [3.8, 4) is 0 Å². The lowest BCUT2D eigenvalue weighted by molar-refractivity contribution is 0.182. The fourth-order valence-corrected chi connectivity index (χ4v) is 1.71. The van der Waals surface area contributed by atoms with Gasteiger partial charge in [0.05, 0.1) is 31.6 Å². The Morgan fingerprint density at radius 3 is 3.11 bits per heavy atom. The van der Waals surface area contributed by atoms with E-state index >= 15 is 0 Å². The summed E-state index contributed by atoms with van der Waals surface area (Å²) in [4.78, 5) is 18.9. The zero-order valence-corrected chi connectivity index (χ0v) is 11.1. The second-order valence-electron chi connectivity index (χ2n) is 3.78. The predicted octanol–water partition coefficient (Wildman–Crippen LogP) is 0.878. The summed E-state index contributed by atoms with van der Waals surface area (Å²) in [6.07, 6.45) is 4.89. The molecule has 102 valence electrons. The van der Waals surface area contributed by atoms with Gasteiger partial charge in [-0.2, -0.15) is 5.10 Å². The third-order valence-electron chi connectivity index (χ3n) is 2.49. The zero-order valence-electron chi connectivity index (χ0n) is 10.4. The SMILES string of the molecule is COCCn1ncc(NCc2ncc[nH]2)c(Cl)c1=O. The molecule has 0 aliphatic rings.